The molecule has 186 valence electrons. The van der Waals surface area contributed by atoms with E-state index in [-0.39, 0.29) is 35.9 Å². The third-order valence-corrected chi connectivity index (χ3v) is 6.50. The summed E-state index contributed by atoms with van der Waals surface area (Å²) in [6.45, 7) is 16.6. The summed E-state index contributed by atoms with van der Waals surface area (Å²) in [5.74, 6) is 0.903. The maximum Gasteiger partial charge on any atom is 0.309 e. The second-order valence-electron chi connectivity index (χ2n) is 8.71. The Balaban J connectivity index is 0.00000385. The van der Waals surface area contributed by atoms with Crippen LogP contribution in [0, 0.1) is 5.92 Å². The third-order valence-electron chi connectivity index (χ3n) is 6.50. The highest BCUT2D eigenvalue weighted by atomic mass is 127. The number of rotatable bonds is 8. The lowest BCUT2D eigenvalue weighted by atomic mass is 9.97. The van der Waals surface area contributed by atoms with Crippen molar-refractivity contribution in [2.45, 2.75) is 46.7 Å². The van der Waals surface area contributed by atoms with Crippen molar-refractivity contribution in [1.29, 1.82) is 0 Å². The molecule has 2 heterocycles. The second-order valence-corrected chi connectivity index (χ2v) is 8.71. The van der Waals surface area contributed by atoms with Gasteiger partial charge in [-0.2, -0.15) is 0 Å². The van der Waals surface area contributed by atoms with Gasteiger partial charge in [-0.05, 0) is 44.4 Å². The molecule has 0 aromatic heterocycles. The Labute approximate surface area is 216 Å². The molecule has 2 fully saturated rings. The monoisotopic (exact) mass is 571 g/mol. The van der Waals surface area contributed by atoms with Crippen LogP contribution in [-0.2, 0) is 22.6 Å². The molecule has 0 amide bonds. The maximum atomic E-state index is 12.0. The quantitative estimate of drug-likeness (QED) is 0.224. The Bertz CT molecular complexity index is 727. The van der Waals surface area contributed by atoms with Gasteiger partial charge in [0.15, 0.2) is 5.96 Å². The summed E-state index contributed by atoms with van der Waals surface area (Å²) in [5.41, 5.74) is 2.59. The summed E-state index contributed by atoms with van der Waals surface area (Å²) in [6.07, 6.45) is 1.65. The van der Waals surface area contributed by atoms with Gasteiger partial charge in [0.2, 0.25) is 0 Å². The minimum absolute atomic E-state index is 0. The summed E-state index contributed by atoms with van der Waals surface area (Å²) < 4.78 is 5.19. The maximum absolute atomic E-state index is 12.0. The Morgan fingerprint density at radius 3 is 2.15 bits per heavy atom. The highest BCUT2D eigenvalue weighted by Crippen LogP contribution is 2.19. The summed E-state index contributed by atoms with van der Waals surface area (Å²) in [6, 6.07) is 8.90. The molecule has 8 heteroatoms. The number of halogens is 1. The number of carbonyl (C=O) groups excluding carboxylic acids is 1. The number of esters is 1. The van der Waals surface area contributed by atoms with Crippen LogP contribution in [0.4, 0.5) is 0 Å². The van der Waals surface area contributed by atoms with Gasteiger partial charge in [-0.25, -0.2) is 4.99 Å². The summed E-state index contributed by atoms with van der Waals surface area (Å²) >= 11 is 0. The number of hydrogen-bond acceptors (Lipinski definition) is 5. The molecule has 0 aliphatic carbocycles. The molecular weight excluding hydrogens is 529 g/mol. The van der Waals surface area contributed by atoms with E-state index in [2.05, 4.69) is 58.1 Å². The molecule has 1 aromatic rings. The van der Waals surface area contributed by atoms with Crippen LogP contribution in [0.3, 0.4) is 0 Å². The van der Waals surface area contributed by atoms with E-state index in [0.717, 1.165) is 64.6 Å². The first kappa shape index (κ1) is 27.9. The van der Waals surface area contributed by atoms with Gasteiger partial charge < -0.3 is 19.9 Å². The summed E-state index contributed by atoms with van der Waals surface area (Å²) in [4.78, 5) is 24.2. The second kappa shape index (κ2) is 14.8. The van der Waals surface area contributed by atoms with Gasteiger partial charge in [-0.3, -0.25) is 9.69 Å². The van der Waals surface area contributed by atoms with E-state index in [9.17, 15) is 4.79 Å². The normalized spacial score (nSPS) is 18.6. The van der Waals surface area contributed by atoms with E-state index >= 15 is 0 Å². The minimum Gasteiger partial charge on any atom is -0.466 e. The Morgan fingerprint density at radius 2 is 1.58 bits per heavy atom. The minimum atomic E-state index is -0.0542. The van der Waals surface area contributed by atoms with Gasteiger partial charge in [0.05, 0.1) is 19.1 Å². The van der Waals surface area contributed by atoms with Gasteiger partial charge in [0.1, 0.15) is 0 Å². The number of likely N-dealkylation sites (N-methyl/N-ethyl adjacent to an activating group) is 1. The van der Waals surface area contributed by atoms with E-state index in [0.29, 0.717) is 13.2 Å². The molecule has 2 aliphatic heterocycles. The van der Waals surface area contributed by atoms with Gasteiger partial charge in [-0.1, -0.05) is 31.2 Å². The van der Waals surface area contributed by atoms with Crippen LogP contribution < -0.4 is 5.32 Å². The number of piperazine rings is 1. The fraction of sp³-hybridized carbons (Fsp3) is 0.680. The van der Waals surface area contributed by atoms with Crippen molar-refractivity contribution >= 4 is 35.9 Å². The van der Waals surface area contributed by atoms with E-state index in [1.807, 2.05) is 6.92 Å². The number of likely N-dealkylation sites (tertiary alicyclic amines) is 1. The molecule has 0 unspecified atom stereocenters. The summed E-state index contributed by atoms with van der Waals surface area (Å²) in [5, 5.41) is 3.41. The van der Waals surface area contributed by atoms with Crippen molar-refractivity contribution in [3.05, 3.63) is 35.4 Å². The lowest BCUT2D eigenvalue weighted by molar-refractivity contribution is -0.149. The molecular formula is C25H42IN5O2. The molecule has 0 saturated carbocycles. The van der Waals surface area contributed by atoms with E-state index in [4.69, 9.17) is 9.73 Å². The average molecular weight is 572 g/mol. The number of nitrogens with one attached hydrogen (secondary N) is 1. The van der Waals surface area contributed by atoms with Gasteiger partial charge >= 0.3 is 5.97 Å². The highest BCUT2D eigenvalue weighted by molar-refractivity contribution is 14.0. The SMILES string of the molecule is CCNC(=NCc1ccc(CN2CCN(CC)CC2)cc1)N1CCC(C(=O)OCC)CC1.I. The molecule has 0 radical (unpaired) electrons. The van der Waals surface area contributed by atoms with Crippen molar-refractivity contribution in [3.63, 3.8) is 0 Å². The Morgan fingerprint density at radius 1 is 0.970 bits per heavy atom. The first-order chi connectivity index (χ1) is 15.6. The van der Waals surface area contributed by atoms with Gasteiger partial charge in [0.25, 0.3) is 0 Å². The number of piperidine rings is 1. The van der Waals surface area contributed by atoms with Crippen LogP contribution >= 0.6 is 24.0 Å². The topological polar surface area (TPSA) is 60.4 Å². The molecule has 7 nitrogen and oxygen atoms in total. The standard InChI is InChI=1S/C25H41N5O2.HI/c1-4-26-25(30-13-11-23(12-14-30)24(31)32-6-3)27-19-21-7-9-22(10-8-21)20-29-17-15-28(5-2)16-18-29;/h7-10,23H,4-6,11-20H2,1-3H3,(H,26,27);1H. The number of guanidine groups is 1. The van der Waals surface area contributed by atoms with Crippen molar-refractivity contribution in [1.82, 2.24) is 20.0 Å². The van der Waals surface area contributed by atoms with E-state index < -0.39 is 0 Å². The van der Waals surface area contributed by atoms with Crippen LogP contribution in [0.1, 0.15) is 44.7 Å². The summed E-state index contributed by atoms with van der Waals surface area (Å²) in [7, 11) is 0. The van der Waals surface area contributed by atoms with Crippen molar-refractivity contribution in [2.75, 3.05) is 59.0 Å². The third kappa shape index (κ3) is 8.72. The fourth-order valence-electron chi connectivity index (χ4n) is 4.45. The van der Waals surface area contributed by atoms with Crippen molar-refractivity contribution in [3.8, 4) is 0 Å². The first-order valence-electron chi connectivity index (χ1n) is 12.3. The highest BCUT2D eigenvalue weighted by Gasteiger charge is 2.27. The Kier molecular flexibility index (Phi) is 12.5. The van der Waals surface area contributed by atoms with Crippen LogP contribution in [0.5, 0.6) is 0 Å². The van der Waals surface area contributed by atoms with Gasteiger partial charge in [-0.15, -0.1) is 24.0 Å². The molecule has 2 aliphatic rings. The van der Waals surface area contributed by atoms with Crippen LogP contribution in [0.15, 0.2) is 29.3 Å². The van der Waals surface area contributed by atoms with Crippen molar-refractivity contribution in [2.24, 2.45) is 10.9 Å². The van der Waals surface area contributed by atoms with Gasteiger partial charge in [0, 0.05) is 52.4 Å². The molecule has 0 spiro atoms. The Hall–Kier alpha value is -1.39. The molecule has 33 heavy (non-hydrogen) atoms. The van der Waals surface area contributed by atoms with E-state index in [1.54, 1.807) is 0 Å². The number of aliphatic imine (C=N–C) groups is 1. The number of nitrogens with zero attached hydrogens (tertiary/aromatic N) is 4. The molecule has 1 N–H and O–H groups in total. The molecule has 1 aromatic carbocycles. The lowest BCUT2D eigenvalue weighted by Crippen LogP contribution is -2.46. The zero-order chi connectivity index (χ0) is 22.8. The van der Waals surface area contributed by atoms with Crippen LogP contribution in [0.2, 0.25) is 0 Å². The largest absolute Gasteiger partial charge is 0.466 e. The van der Waals surface area contributed by atoms with Crippen LogP contribution in [0.25, 0.3) is 0 Å². The number of benzene rings is 1. The number of carbonyl (C=O) groups is 1. The smallest absolute Gasteiger partial charge is 0.309 e. The fourth-order valence-corrected chi connectivity index (χ4v) is 4.45. The average Bonchev–Trinajstić information content (AvgIpc) is 2.83. The number of ether oxygens (including phenoxy) is 1. The molecule has 0 bridgehead atoms. The first-order valence-corrected chi connectivity index (χ1v) is 12.3. The lowest BCUT2D eigenvalue weighted by Gasteiger charge is -2.34. The molecule has 0 atom stereocenters. The number of hydrogen-bond donors (Lipinski definition) is 1. The van der Waals surface area contributed by atoms with Crippen molar-refractivity contribution < 1.29 is 9.53 Å². The zero-order valence-corrected chi connectivity index (χ0v) is 22.9. The molecule has 2 saturated heterocycles. The van der Waals surface area contributed by atoms with E-state index in [1.165, 1.54) is 24.2 Å². The predicted octanol–water partition coefficient (Wildman–Crippen LogP) is 3.18. The predicted molar refractivity (Wildman–Crippen MR) is 145 cm³/mol. The van der Waals surface area contributed by atoms with Crippen LogP contribution in [-0.4, -0.2) is 85.6 Å². The zero-order valence-electron chi connectivity index (χ0n) is 20.6. The molecule has 3 rings (SSSR count).